The van der Waals surface area contributed by atoms with Gasteiger partial charge in [-0.15, -0.1) is 12.6 Å². The minimum absolute atomic E-state index is 0. The molecular weight excluding hydrogens is 223 g/mol. The Bertz CT molecular complexity index is 302. The normalized spacial score (nSPS) is 7.60. The molecule has 0 bridgehead atoms. The van der Waals surface area contributed by atoms with E-state index in [1.54, 1.807) is 0 Å². The fourth-order valence-electron chi connectivity index (χ4n) is 0.658. The number of benzene rings is 1. The zero-order valence-corrected chi connectivity index (χ0v) is 11.5. The van der Waals surface area contributed by atoms with Gasteiger partial charge < -0.3 is 15.2 Å². The maximum atomic E-state index is 8.89. The van der Waals surface area contributed by atoms with Crippen molar-refractivity contribution in [2.75, 3.05) is 5.32 Å². The third-order valence-electron chi connectivity index (χ3n) is 1.04. The molecule has 0 unspecified atom stereocenters. The number of nitrogens with one attached hydrogen (secondary N) is 2. The second kappa shape index (κ2) is 10.0. The van der Waals surface area contributed by atoms with E-state index in [9.17, 15) is 0 Å². The van der Waals surface area contributed by atoms with E-state index in [0.717, 1.165) is 12.6 Å². The molecule has 0 aliphatic heterocycles. The SMILES string of the molecule is CC(=O)[O-].N=C(S)Nc1ccccc1.[Na+]. The summed E-state index contributed by atoms with van der Waals surface area (Å²) >= 11 is 3.78. The van der Waals surface area contributed by atoms with Crippen LogP contribution in [0.5, 0.6) is 0 Å². The smallest absolute Gasteiger partial charge is 0.550 e. The van der Waals surface area contributed by atoms with E-state index < -0.39 is 5.97 Å². The van der Waals surface area contributed by atoms with Gasteiger partial charge >= 0.3 is 29.6 Å². The summed E-state index contributed by atoms with van der Waals surface area (Å²) < 4.78 is 0. The molecular formula is C9H11N2NaO2S. The van der Waals surface area contributed by atoms with Gasteiger partial charge in [0.15, 0.2) is 5.17 Å². The van der Waals surface area contributed by atoms with Crippen molar-refractivity contribution in [3.05, 3.63) is 30.3 Å². The average molecular weight is 234 g/mol. The molecule has 1 aromatic rings. The Morgan fingerprint density at radius 2 is 1.80 bits per heavy atom. The minimum atomic E-state index is -1.08. The Morgan fingerprint density at radius 3 is 2.13 bits per heavy atom. The number of carbonyl (C=O) groups is 1. The molecule has 6 heteroatoms. The fourth-order valence-corrected chi connectivity index (χ4v) is 0.787. The number of hydrogen-bond donors (Lipinski definition) is 3. The van der Waals surface area contributed by atoms with Crippen LogP contribution in [0.3, 0.4) is 0 Å². The van der Waals surface area contributed by atoms with Crippen molar-refractivity contribution < 1.29 is 39.5 Å². The molecule has 76 valence electrons. The number of aliphatic carboxylic acids is 1. The zero-order chi connectivity index (χ0) is 11.0. The number of amidine groups is 1. The Hall–Kier alpha value is -0.490. The van der Waals surface area contributed by atoms with Crippen LogP contribution in [0.1, 0.15) is 6.92 Å². The van der Waals surface area contributed by atoms with Gasteiger partial charge in [0.05, 0.1) is 0 Å². The average Bonchev–Trinajstić information content (AvgIpc) is 2.03. The summed E-state index contributed by atoms with van der Waals surface area (Å²) in [5.74, 6) is -1.08. The van der Waals surface area contributed by atoms with Crippen molar-refractivity contribution in [1.82, 2.24) is 0 Å². The number of thiol groups is 1. The summed E-state index contributed by atoms with van der Waals surface area (Å²) in [7, 11) is 0. The van der Waals surface area contributed by atoms with Crippen molar-refractivity contribution in [3.8, 4) is 0 Å². The summed E-state index contributed by atoms with van der Waals surface area (Å²) in [5.41, 5.74) is 0.891. The van der Waals surface area contributed by atoms with E-state index in [1.807, 2.05) is 30.3 Å². The van der Waals surface area contributed by atoms with Gasteiger partial charge in [0.1, 0.15) is 0 Å². The predicted molar refractivity (Wildman–Crippen MR) is 57.5 cm³/mol. The zero-order valence-electron chi connectivity index (χ0n) is 8.65. The number of para-hydroxylation sites is 1. The van der Waals surface area contributed by atoms with Crippen LogP contribution in [0, 0.1) is 5.41 Å². The van der Waals surface area contributed by atoms with Crippen molar-refractivity contribution in [2.45, 2.75) is 6.92 Å². The molecule has 0 fully saturated rings. The predicted octanol–water partition coefficient (Wildman–Crippen LogP) is -2.28. The summed E-state index contributed by atoms with van der Waals surface area (Å²) in [6, 6.07) is 9.49. The molecule has 0 aromatic heterocycles. The van der Waals surface area contributed by atoms with Gasteiger partial charge in [-0.1, -0.05) is 18.2 Å². The van der Waals surface area contributed by atoms with Crippen LogP contribution in [-0.4, -0.2) is 11.1 Å². The van der Waals surface area contributed by atoms with Gasteiger partial charge in [0.25, 0.3) is 0 Å². The fraction of sp³-hybridized carbons (Fsp3) is 0.111. The van der Waals surface area contributed by atoms with Gasteiger partial charge in [-0.3, -0.25) is 5.41 Å². The first kappa shape index (κ1) is 16.9. The van der Waals surface area contributed by atoms with Crippen LogP contribution in [0.2, 0.25) is 0 Å². The first-order valence-electron chi connectivity index (χ1n) is 3.79. The van der Waals surface area contributed by atoms with Crippen LogP contribution in [0.15, 0.2) is 30.3 Å². The van der Waals surface area contributed by atoms with Crippen molar-refractivity contribution in [1.29, 1.82) is 5.41 Å². The second-order valence-electron chi connectivity index (χ2n) is 2.33. The molecule has 0 spiro atoms. The van der Waals surface area contributed by atoms with E-state index >= 15 is 0 Å². The van der Waals surface area contributed by atoms with E-state index in [2.05, 4.69) is 17.9 Å². The molecule has 2 N–H and O–H groups in total. The standard InChI is InChI=1S/C7H8N2S.C2H4O2.Na/c8-7(10)9-6-4-2-1-3-5-6;1-2(3)4;/h1-5H,(H3,8,9,10);1H3,(H,3,4);/q;;+1/p-1. The quantitative estimate of drug-likeness (QED) is 0.222. The molecule has 1 aromatic carbocycles. The van der Waals surface area contributed by atoms with Crippen molar-refractivity contribution in [3.63, 3.8) is 0 Å². The number of carboxylic acid groups (broad SMARTS) is 1. The Kier molecular flexibility index (Phi) is 11.3. The summed E-state index contributed by atoms with van der Waals surface area (Å²) in [5, 5.41) is 18.8. The summed E-state index contributed by atoms with van der Waals surface area (Å²) in [6.07, 6.45) is 0. The molecule has 0 aliphatic carbocycles. The molecule has 4 nitrogen and oxygen atoms in total. The van der Waals surface area contributed by atoms with Gasteiger partial charge in [-0.2, -0.15) is 0 Å². The van der Waals surface area contributed by atoms with Crippen LogP contribution in [-0.2, 0) is 4.79 Å². The molecule has 0 saturated carbocycles. The molecule has 15 heavy (non-hydrogen) atoms. The first-order valence-corrected chi connectivity index (χ1v) is 4.24. The molecule has 0 amide bonds. The third-order valence-corrected chi connectivity index (χ3v) is 1.15. The molecule has 0 atom stereocenters. The van der Waals surface area contributed by atoms with Crippen LogP contribution in [0.4, 0.5) is 5.69 Å². The van der Waals surface area contributed by atoms with Gasteiger partial charge in [0.2, 0.25) is 0 Å². The minimum Gasteiger partial charge on any atom is -0.550 e. The second-order valence-corrected chi connectivity index (χ2v) is 2.78. The maximum Gasteiger partial charge on any atom is 1.00 e. The molecule has 0 radical (unpaired) electrons. The summed E-state index contributed by atoms with van der Waals surface area (Å²) in [4.78, 5) is 8.89. The largest absolute Gasteiger partial charge is 1.00 e. The number of anilines is 1. The topological polar surface area (TPSA) is 76.0 Å². The van der Waals surface area contributed by atoms with E-state index in [1.165, 1.54) is 0 Å². The van der Waals surface area contributed by atoms with Gasteiger partial charge in [-0.05, 0) is 19.1 Å². The number of carbonyl (C=O) groups excluding carboxylic acids is 1. The molecule has 1 rings (SSSR count). The molecule has 0 saturated heterocycles. The van der Waals surface area contributed by atoms with Crippen molar-refractivity contribution in [2.24, 2.45) is 0 Å². The molecule has 0 heterocycles. The van der Waals surface area contributed by atoms with E-state index in [4.69, 9.17) is 15.3 Å². The van der Waals surface area contributed by atoms with Crippen molar-refractivity contribution >= 4 is 29.5 Å². The van der Waals surface area contributed by atoms with Gasteiger partial charge in [0, 0.05) is 11.7 Å². The van der Waals surface area contributed by atoms with E-state index in [0.29, 0.717) is 0 Å². The Morgan fingerprint density at radius 1 is 1.40 bits per heavy atom. The molecule has 0 aliphatic rings. The number of rotatable bonds is 1. The Balaban J connectivity index is 0. The van der Waals surface area contributed by atoms with Crippen LogP contribution < -0.4 is 40.0 Å². The Labute approximate surface area is 116 Å². The van der Waals surface area contributed by atoms with Gasteiger partial charge in [-0.25, -0.2) is 0 Å². The summed E-state index contributed by atoms with van der Waals surface area (Å²) in [6.45, 7) is 0.972. The van der Waals surface area contributed by atoms with Crippen LogP contribution >= 0.6 is 12.6 Å². The number of hydrogen-bond acceptors (Lipinski definition) is 3. The van der Waals surface area contributed by atoms with E-state index in [-0.39, 0.29) is 34.7 Å². The number of carboxylic acids is 1. The van der Waals surface area contributed by atoms with Crippen LogP contribution in [0.25, 0.3) is 0 Å². The maximum absolute atomic E-state index is 8.89. The first-order chi connectivity index (χ1) is 6.52. The monoisotopic (exact) mass is 234 g/mol. The third kappa shape index (κ3) is 13.5.